The molecule has 1 N–H and O–H groups in total. The van der Waals surface area contributed by atoms with Gasteiger partial charge in [-0.2, -0.15) is 0 Å². The van der Waals surface area contributed by atoms with Crippen molar-refractivity contribution in [2.24, 2.45) is 5.92 Å². The van der Waals surface area contributed by atoms with Gasteiger partial charge in [0.2, 0.25) is 5.91 Å². The summed E-state index contributed by atoms with van der Waals surface area (Å²) in [4.78, 5) is 25.4. The molecule has 0 spiro atoms. The standard InChI is InChI=1S/C14H22N2O4/c1-5-19-14(18)15-12(10(2)3)13(17)16(4)9-11-7-6-8-20-11/h6-8,10,12H,5,9H2,1-4H3,(H,15,18). The van der Waals surface area contributed by atoms with Gasteiger partial charge in [0.05, 0.1) is 19.4 Å². The second-order valence-corrected chi connectivity index (χ2v) is 4.86. The third kappa shape index (κ3) is 4.60. The van der Waals surface area contributed by atoms with E-state index in [2.05, 4.69) is 5.32 Å². The zero-order valence-electron chi connectivity index (χ0n) is 12.4. The maximum atomic E-state index is 12.4. The Morgan fingerprint density at radius 1 is 1.45 bits per heavy atom. The van der Waals surface area contributed by atoms with Crippen LogP contribution in [0, 0.1) is 5.92 Å². The second kappa shape index (κ2) is 7.57. The Bertz CT molecular complexity index is 428. The van der Waals surface area contributed by atoms with Gasteiger partial charge in [-0.05, 0) is 25.0 Å². The van der Waals surface area contributed by atoms with Crippen molar-refractivity contribution in [1.29, 1.82) is 0 Å². The molecule has 0 saturated heterocycles. The number of likely N-dealkylation sites (N-methyl/N-ethyl adjacent to an activating group) is 1. The first-order valence-corrected chi connectivity index (χ1v) is 6.66. The second-order valence-electron chi connectivity index (χ2n) is 4.86. The van der Waals surface area contributed by atoms with E-state index in [4.69, 9.17) is 9.15 Å². The molecule has 0 radical (unpaired) electrons. The van der Waals surface area contributed by atoms with Crippen LogP contribution in [-0.4, -0.2) is 36.6 Å². The molecule has 0 aromatic carbocycles. The number of carbonyl (C=O) groups is 2. The SMILES string of the molecule is CCOC(=O)NC(C(=O)N(C)Cc1ccco1)C(C)C. The van der Waals surface area contributed by atoms with Gasteiger partial charge in [0, 0.05) is 7.05 Å². The average Bonchev–Trinajstić information content (AvgIpc) is 2.88. The normalized spacial score (nSPS) is 12.1. The molecule has 2 amide bonds. The summed E-state index contributed by atoms with van der Waals surface area (Å²) in [5.74, 6) is 0.481. The number of nitrogens with one attached hydrogen (secondary N) is 1. The van der Waals surface area contributed by atoms with Crippen LogP contribution >= 0.6 is 0 Å². The molecular weight excluding hydrogens is 260 g/mol. The minimum absolute atomic E-state index is 0.0362. The van der Waals surface area contributed by atoms with E-state index in [1.807, 2.05) is 13.8 Å². The van der Waals surface area contributed by atoms with Crippen molar-refractivity contribution in [2.45, 2.75) is 33.4 Å². The summed E-state index contributed by atoms with van der Waals surface area (Å²) in [6, 6.07) is 2.95. The van der Waals surface area contributed by atoms with E-state index in [0.717, 1.165) is 0 Å². The van der Waals surface area contributed by atoms with E-state index < -0.39 is 12.1 Å². The number of furan rings is 1. The third-order valence-electron chi connectivity index (χ3n) is 2.83. The van der Waals surface area contributed by atoms with Crippen molar-refractivity contribution >= 4 is 12.0 Å². The quantitative estimate of drug-likeness (QED) is 0.866. The van der Waals surface area contributed by atoms with E-state index in [1.54, 1.807) is 32.4 Å². The Morgan fingerprint density at radius 3 is 2.65 bits per heavy atom. The number of amides is 2. The lowest BCUT2D eigenvalue weighted by atomic mass is 10.0. The fourth-order valence-electron chi connectivity index (χ4n) is 1.76. The Kier molecular flexibility index (Phi) is 6.09. The smallest absolute Gasteiger partial charge is 0.407 e. The van der Waals surface area contributed by atoms with Crippen LogP contribution in [0.5, 0.6) is 0 Å². The molecule has 0 bridgehead atoms. The summed E-state index contributed by atoms with van der Waals surface area (Å²) >= 11 is 0. The predicted octanol–water partition coefficient (Wildman–Crippen LogP) is 2.01. The molecule has 112 valence electrons. The Morgan fingerprint density at radius 2 is 2.15 bits per heavy atom. The summed E-state index contributed by atoms with van der Waals surface area (Å²) in [7, 11) is 1.67. The van der Waals surface area contributed by atoms with E-state index in [-0.39, 0.29) is 18.4 Å². The molecular formula is C14H22N2O4. The zero-order chi connectivity index (χ0) is 15.1. The highest BCUT2D eigenvalue weighted by atomic mass is 16.5. The van der Waals surface area contributed by atoms with Crippen molar-refractivity contribution in [3.63, 3.8) is 0 Å². The molecule has 0 saturated carbocycles. The minimum atomic E-state index is -0.617. The van der Waals surface area contributed by atoms with Crippen molar-refractivity contribution in [1.82, 2.24) is 10.2 Å². The fraction of sp³-hybridized carbons (Fsp3) is 0.571. The van der Waals surface area contributed by atoms with Crippen LogP contribution in [0.1, 0.15) is 26.5 Å². The molecule has 0 aliphatic rings. The molecule has 6 heteroatoms. The number of ether oxygens (including phenoxy) is 1. The van der Waals surface area contributed by atoms with E-state index in [9.17, 15) is 9.59 Å². The molecule has 20 heavy (non-hydrogen) atoms. The van der Waals surface area contributed by atoms with Gasteiger partial charge in [0.15, 0.2) is 0 Å². The number of nitrogens with zero attached hydrogens (tertiary/aromatic N) is 1. The number of hydrogen-bond acceptors (Lipinski definition) is 4. The average molecular weight is 282 g/mol. The van der Waals surface area contributed by atoms with Gasteiger partial charge < -0.3 is 19.4 Å². The molecule has 0 aliphatic heterocycles. The largest absolute Gasteiger partial charge is 0.467 e. The van der Waals surface area contributed by atoms with Crippen LogP contribution in [0.4, 0.5) is 4.79 Å². The topological polar surface area (TPSA) is 71.8 Å². The summed E-state index contributed by atoms with van der Waals surface area (Å²) in [5, 5.41) is 2.59. The third-order valence-corrected chi connectivity index (χ3v) is 2.83. The van der Waals surface area contributed by atoms with E-state index >= 15 is 0 Å². The number of hydrogen-bond donors (Lipinski definition) is 1. The molecule has 1 aromatic rings. The van der Waals surface area contributed by atoms with Crippen LogP contribution in [0.2, 0.25) is 0 Å². The Balaban J connectivity index is 2.65. The van der Waals surface area contributed by atoms with Crippen molar-refractivity contribution in [2.75, 3.05) is 13.7 Å². The van der Waals surface area contributed by atoms with Crippen LogP contribution in [0.15, 0.2) is 22.8 Å². The van der Waals surface area contributed by atoms with E-state index in [0.29, 0.717) is 12.3 Å². The molecule has 1 unspecified atom stereocenters. The van der Waals surface area contributed by atoms with Gasteiger partial charge in [0.25, 0.3) is 0 Å². The highest BCUT2D eigenvalue weighted by molar-refractivity contribution is 5.85. The van der Waals surface area contributed by atoms with Crippen LogP contribution < -0.4 is 5.32 Å². The number of alkyl carbamates (subject to hydrolysis) is 1. The van der Waals surface area contributed by atoms with Gasteiger partial charge in [-0.25, -0.2) is 4.79 Å². The monoisotopic (exact) mass is 282 g/mol. The zero-order valence-corrected chi connectivity index (χ0v) is 12.4. The molecule has 1 heterocycles. The lowest BCUT2D eigenvalue weighted by Crippen LogP contribution is -2.50. The van der Waals surface area contributed by atoms with Crippen LogP contribution in [-0.2, 0) is 16.1 Å². The lowest BCUT2D eigenvalue weighted by molar-refractivity contribution is -0.133. The molecule has 1 atom stereocenters. The fourth-order valence-corrected chi connectivity index (χ4v) is 1.76. The van der Waals surface area contributed by atoms with Gasteiger partial charge in [0.1, 0.15) is 11.8 Å². The van der Waals surface area contributed by atoms with Crippen LogP contribution in [0.3, 0.4) is 0 Å². The maximum Gasteiger partial charge on any atom is 0.407 e. The maximum absolute atomic E-state index is 12.4. The highest BCUT2D eigenvalue weighted by Crippen LogP contribution is 2.09. The molecule has 6 nitrogen and oxygen atoms in total. The summed E-state index contributed by atoms with van der Waals surface area (Å²) in [6.07, 6.45) is 0.982. The van der Waals surface area contributed by atoms with Gasteiger partial charge in [-0.15, -0.1) is 0 Å². The first-order valence-electron chi connectivity index (χ1n) is 6.66. The summed E-state index contributed by atoms with van der Waals surface area (Å²) < 4.78 is 10.0. The first kappa shape index (κ1) is 16.1. The molecule has 0 fully saturated rings. The van der Waals surface area contributed by atoms with Crippen LogP contribution in [0.25, 0.3) is 0 Å². The molecule has 1 rings (SSSR count). The highest BCUT2D eigenvalue weighted by Gasteiger charge is 2.27. The van der Waals surface area contributed by atoms with Gasteiger partial charge in [-0.3, -0.25) is 4.79 Å². The van der Waals surface area contributed by atoms with Gasteiger partial charge >= 0.3 is 6.09 Å². The summed E-state index contributed by atoms with van der Waals surface area (Å²) in [6.45, 7) is 6.09. The first-order chi connectivity index (χ1) is 9.45. The predicted molar refractivity (Wildman–Crippen MR) is 74.0 cm³/mol. The molecule has 1 aromatic heterocycles. The minimum Gasteiger partial charge on any atom is -0.467 e. The number of rotatable bonds is 6. The number of carbonyl (C=O) groups excluding carboxylic acids is 2. The summed E-state index contributed by atoms with van der Waals surface area (Å²) in [5.41, 5.74) is 0. The lowest BCUT2D eigenvalue weighted by Gasteiger charge is -2.26. The van der Waals surface area contributed by atoms with Crippen molar-refractivity contribution < 1.29 is 18.7 Å². The van der Waals surface area contributed by atoms with Crippen molar-refractivity contribution in [3.8, 4) is 0 Å². The van der Waals surface area contributed by atoms with Crippen molar-refractivity contribution in [3.05, 3.63) is 24.2 Å². The van der Waals surface area contributed by atoms with Gasteiger partial charge in [-0.1, -0.05) is 13.8 Å². The molecule has 0 aliphatic carbocycles. The Hall–Kier alpha value is -1.98. The Labute approximate surface area is 119 Å². The van der Waals surface area contributed by atoms with E-state index in [1.165, 1.54) is 4.90 Å².